The molecule has 0 aliphatic heterocycles. The molecule has 0 aliphatic rings. The summed E-state index contributed by atoms with van der Waals surface area (Å²) in [6.07, 6.45) is 11.1. The number of rotatable bonds is 54. The quantitative estimate of drug-likeness (QED) is 0.00748. The van der Waals surface area contributed by atoms with Gasteiger partial charge in [0.15, 0.2) is 0 Å². The molecule has 27 heteroatoms. The molecular formula is C93H113N9O18. The van der Waals surface area contributed by atoms with E-state index in [9.17, 15) is 67.1 Å². The molecule has 0 unspecified atom stereocenters. The van der Waals surface area contributed by atoms with Crippen molar-refractivity contribution in [1.82, 2.24) is 47.9 Å². The molecule has 638 valence electrons. The number of Topliss-reactive ketones (excluding diaryl/α,β-unsaturated/α-hetero) is 1. The molecule has 6 aromatic rings. The molecule has 0 saturated heterocycles. The number of benzene rings is 6. The number of carbonyl (C=O) groups is 14. The van der Waals surface area contributed by atoms with Gasteiger partial charge in [-0.15, -0.1) is 24.7 Å². The second-order valence-electron chi connectivity index (χ2n) is 30.1. The van der Waals surface area contributed by atoms with Gasteiger partial charge in [0.1, 0.15) is 74.5 Å². The molecule has 0 aromatic heterocycles. The summed E-state index contributed by atoms with van der Waals surface area (Å²) in [6.45, 7) is 6.51. The number of hydrogen-bond donors (Lipinski definition) is 9. The SMILES string of the molecule is C#CCCCC(=O)C[C@H](Cc1ccccc1)C(=O)N[C@@H](CC(C)C)C(=O)N[C@H](CC(=O)OCc1ccccc1)C(=O)N[C@@H](CC(=O)OCc1ccccc1)C(=O)NCCCCCCNC(=O)[C@H](CC(=O)OCc1ccccc1)NC(=O)[C@@H](CC(=O)OCc1ccccc1)NC(=O)[C@H](Cc1ccccc1)NC(=O)[C@@H](CC(C)C)NC(=O)CCCC#C. The fourth-order valence-corrected chi connectivity index (χ4v) is 12.6. The molecule has 0 spiro atoms. The molecule has 120 heavy (non-hydrogen) atoms. The minimum absolute atomic E-state index is 0.0118. The van der Waals surface area contributed by atoms with Gasteiger partial charge in [0.25, 0.3) is 0 Å². The summed E-state index contributed by atoms with van der Waals surface area (Å²) in [5, 5.41) is 24.2. The van der Waals surface area contributed by atoms with E-state index < -0.39 is 151 Å². The number of ether oxygens (including phenoxy) is 4. The summed E-state index contributed by atoms with van der Waals surface area (Å²) in [4.78, 5) is 198. The van der Waals surface area contributed by atoms with Gasteiger partial charge in [-0.1, -0.05) is 223 Å². The van der Waals surface area contributed by atoms with E-state index >= 15 is 0 Å². The number of carbonyl (C=O) groups excluding carboxylic acids is 14. The van der Waals surface area contributed by atoms with Gasteiger partial charge in [-0.25, -0.2) is 0 Å². The lowest BCUT2D eigenvalue weighted by atomic mass is 9.91. The highest BCUT2D eigenvalue weighted by Gasteiger charge is 2.37. The highest BCUT2D eigenvalue weighted by atomic mass is 16.5. The third kappa shape index (κ3) is 38.5. The van der Waals surface area contributed by atoms with Crippen LogP contribution in [-0.2, 0) is 125 Å². The van der Waals surface area contributed by atoms with Crippen molar-refractivity contribution < 1.29 is 86.1 Å². The molecule has 0 saturated carbocycles. The van der Waals surface area contributed by atoms with E-state index in [0.29, 0.717) is 79.2 Å². The normalized spacial score (nSPS) is 12.8. The first-order valence-electron chi connectivity index (χ1n) is 40.8. The van der Waals surface area contributed by atoms with Crippen LogP contribution in [0.1, 0.15) is 170 Å². The van der Waals surface area contributed by atoms with Gasteiger partial charge in [0.05, 0.1) is 25.7 Å². The third-order valence-corrected chi connectivity index (χ3v) is 19.0. The summed E-state index contributed by atoms with van der Waals surface area (Å²) in [6, 6.07) is 41.7. The molecule has 0 aliphatic carbocycles. The van der Waals surface area contributed by atoms with E-state index in [-0.39, 0.29) is 102 Å². The molecule has 0 fully saturated rings. The molecule has 0 heterocycles. The smallest absolute Gasteiger partial charge is 0.308 e. The third-order valence-electron chi connectivity index (χ3n) is 19.0. The Labute approximate surface area is 702 Å². The molecule has 9 N–H and O–H groups in total. The zero-order valence-corrected chi connectivity index (χ0v) is 68.8. The maximum Gasteiger partial charge on any atom is 0.308 e. The van der Waals surface area contributed by atoms with Crippen LogP contribution in [-0.4, -0.2) is 138 Å². The molecule has 27 nitrogen and oxygen atoms in total. The van der Waals surface area contributed by atoms with Crippen LogP contribution in [0.3, 0.4) is 0 Å². The number of nitrogens with one attached hydrogen (secondary N) is 9. The van der Waals surface area contributed by atoms with Crippen molar-refractivity contribution in [3.8, 4) is 24.7 Å². The molecule has 6 aromatic carbocycles. The zero-order valence-electron chi connectivity index (χ0n) is 68.8. The van der Waals surface area contributed by atoms with Gasteiger partial charge in [-0.2, -0.15) is 0 Å². The first-order valence-corrected chi connectivity index (χ1v) is 40.8. The first kappa shape index (κ1) is 96.1. The maximum atomic E-state index is 14.8. The van der Waals surface area contributed by atoms with Crippen molar-refractivity contribution in [2.24, 2.45) is 17.8 Å². The van der Waals surface area contributed by atoms with E-state index in [1.54, 1.807) is 164 Å². The lowest BCUT2D eigenvalue weighted by Crippen LogP contribution is -2.59. The Balaban J connectivity index is 1.17. The Kier molecular flexibility index (Phi) is 43.4. The van der Waals surface area contributed by atoms with E-state index in [4.69, 9.17) is 31.8 Å². The number of hydrogen-bond acceptors (Lipinski definition) is 18. The Hall–Kier alpha value is -12.8. The summed E-state index contributed by atoms with van der Waals surface area (Å²) < 4.78 is 22.3. The summed E-state index contributed by atoms with van der Waals surface area (Å²) in [5.41, 5.74) is 3.83. The average molecular weight is 1640 g/mol. The van der Waals surface area contributed by atoms with Crippen molar-refractivity contribution in [3.63, 3.8) is 0 Å². The predicted octanol–water partition coefficient (Wildman–Crippen LogP) is 8.47. The minimum Gasteiger partial charge on any atom is -0.461 e. The van der Waals surface area contributed by atoms with Crippen LogP contribution in [0, 0.1) is 42.4 Å². The lowest BCUT2D eigenvalue weighted by Gasteiger charge is -2.27. The van der Waals surface area contributed by atoms with Crippen LogP contribution in [0.25, 0.3) is 0 Å². The van der Waals surface area contributed by atoms with Gasteiger partial charge in [0, 0.05) is 57.5 Å². The second kappa shape index (κ2) is 54.3. The summed E-state index contributed by atoms with van der Waals surface area (Å²) in [5.74, 6) is -7.48. The van der Waals surface area contributed by atoms with Crippen molar-refractivity contribution in [1.29, 1.82) is 0 Å². The zero-order chi connectivity index (χ0) is 86.8. The number of unbranched alkanes of at least 4 members (excludes halogenated alkanes) is 5. The van der Waals surface area contributed by atoms with Crippen molar-refractivity contribution in [2.75, 3.05) is 13.1 Å². The van der Waals surface area contributed by atoms with E-state index in [2.05, 4.69) is 59.7 Å². The molecule has 0 bridgehead atoms. The van der Waals surface area contributed by atoms with Crippen LogP contribution in [0.15, 0.2) is 182 Å². The predicted molar refractivity (Wildman–Crippen MR) is 449 cm³/mol. The van der Waals surface area contributed by atoms with E-state index in [1.165, 1.54) is 0 Å². The largest absolute Gasteiger partial charge is 0.461 e. The molecular weight excluding hydrogens is 1530 g/mol. The molecule has 8 atom stereocenters. The molecule has 0 radical (unpaired) electrons. The monoisotopic (exact) mass is 1640 g/mol. The minimum atomic E-state index is -1.79. The Morgan fingerprint density at radius 3 is 0.925 bits per heavy atom. The van der Waals surface area contributed by atoms with E-state index in [1.807, 2.05) is 45.9 Å². The summed E-state index contributed by atoms with van der Waals surface area (Å²) in [7, 11) is 0. The van der Waals surface area contributed by atoms with Gasteiger partial charge < -0.3 is 66.8 Å². The Bertz CT molecular complexity index is 4350. The van der Waals surface area contributed by atoms with Crippen LogP contribution in [0.5, 0.6) is 0 Å². The molecule has 9 amide bonds. The molecule has 6 rings (SSSR count). The van der Waals surface area contributed by atoms with Crippen molar-refractivity contribution in [2.45, 2.75) is 218 Å². The fraction of sp³-hybridized carbons (Fsp3) is 0.419. The lowest BCUT2D eigenvalue weighted by molar-refractivity contribution is -0.149. The van der Waals surface area contributed by atoms with Gasteiger partial charge in [0.2, 0.25) is 53.2 Å². The number of ketones is 1. The van der Waals surface area contributed by atoms with Crippen LogP contribution in [0.4, 0.5) is 0 Å². The maximum absolute atomic E-state index is 14.8. The van der Waals surface area contributed by atoms with Crippen molar-refractivity contribution in [3.05, 3.63) is 215 Å². The average Bonchev–Trinajstić information content (AvgIpc) is 0.854. The Morgan fingerprint density at radius 1 is 0.300 bits per heavy atom. The number of terminal acetylenes is 2. The highest BCUT2D eigenvalue weighted by Crippen LogP contribution is 2.20. The topological polar surface area (TPSA) is 384 Å². The second-order valence-corrected chi connectivity index (χ2v) is 30.1. The van der Waals surface area contributed by atoms with Gasteiger partial charge in [-0.3, -0.25) is 67.1 Å². The Morgan fingerprint density at radius 2 is 0.583 bits per heavy atom. The van der Waals surface area contributed by atoms with Crippen molar-refractivity contribution >= 4 is 82.8 Å². The van der Waals surface area contributed by atoms with E-state index in [0.717, 1.165) is 5.56 Å². The standard InChI is InChI=1S/C93H113N9O18/c1-7-9-19-47-73(103)55-72(53-66-35-21-13-22-36-66)86(109)97-75(52-65(5)6)90(113)101-79(58-84(107)119-62-70-43-29-17-30-44-70)92(115)99-77(56-82(105)117-60-68-39-25-15-26-40-68)87(110)94-49-33-11-12-34-50-95-88(111)78(57-83(106)118-61-69-41-27-16-28-42-69)100-93(116)80(59-85(108)120-63-71-45-31-18-32-46-71)102-91(114)76(54-67-37-23-14-24-38-67)98-89(112)74(51-64(3)4)96-81(104)48-20-10-8-2/h1-2,13-18,21-32,35-46,64-65,72,74-80H,9-12,19-20,33-34,47-63H2,3-6H3,(H,94,110)(H,95,111)(H,96,104)(H,97,109)(H,98,112)(H,99,115)(H,100,116)(H,101,113)(H,102,114)/t72-,74+,75-,76-,77-,78-,79+,80+/m0/s1. The summed E-state index contributed by atoms with van der Waals surface area (Å²) >= 11 is 0. The van der Waals surface area contributed by atoms with Crippen LogP contribution in [0.2, 0.25) is 0 Å². The van der Waals surface area contributed by atoms with Gasteiger partial charge >= 0.3 is 23.9 Å². The number of esters is 4. The van der Waals surface area contributed by atoms with Crippen LogP contribution < -0.4 is 47.9 Å². The highest BCUT2D eigenvalue weighted by molar-refractivity contribution is 5.99. The first-order chi connectivity index (χ1) is 57.8. The fourth-order valence-electron chi connectivity index (χ4n) is 12.6. The number of amides is 9. The van der Waals surface area contributed by atoms with Gasteiger partial charge in [-0.05, 0) is 90.2 Å². The van der Waals surface area contributed by atoms with Crippen LogP contribution >= 0.6 is 0 Å².